The molecule has 1 amide bonds. The van der Waals surface area contributed by atoms with Gasteiger partial charge in [-0.2, -0.15) is 0 Å². The summed E-state index contributed by atoms with van der Waals surface area (Å²) in [5.41, 5.74) is 1.82. The van der Waals surface area contributed by atoms with Gasteiger partial charge in [0.1, 0.15) is 17.3 Å². The predicted molar refractivity (Wildman–Crippen MR) is 110 cm³/mol. The maximum atomic E-state index is 13.5. The van der Waals surface area contributed by atoms with Crippen molar-refractivity contribution in [3.63, 3.8) is 0 Å². The summed E-state index contributed by atoms with van der Waals surface area (Å²) >= 11 is 0. The molecule has 0 unspecified atom stereocenters. The van der Waals surface area contributed by atoms with Crippen LogP contribution < -0.4 is 14.8 Å². The van der Waals surface area contributed by atoms with E-state index < -0.39 is 11.7 Å². The monoisotopic (exact) mass is 426 g/mol. The third-order valence-corrected chi connectivity index (χ3v) is 6.00. The molecular weight excluding hydrogens is 403 g/mol. The number of nitrogens with one attached hydrogen (secondary N) is 1. The predicted octanol–water partition coefficient (Wildman–Crippen LogP) is 3.35. The molecule has 9 heteroatoms. The molecule has 0 radical (unpaired) electrons. The second-order valence-electron chi connectivity index (χ2n) is 8.39. The summed E-state index contributed by atoms with van der Waals surface area (Å²) < 4.78 is 32.0. The van der Waals surface area contributed by atoms with Crippen molar-refractivity contribution in [2.45, 2.75) is 37.7 Å². The van der Waals surface area contributed by atoms with Gasteiger partial charge in [0.2, 0.25) is 5.65 Å². The number of ether oxygens (including phenoxy) is 3. The zero-order valence-electron chi connectivity index (χ0n) is 17.6. The first-order valence-corrected chi connectivity index (χ1v) is 10.2. The van der Waals surface area contributed by atoms with E-state index in [1.807, 2.05) is 13.1 Å². The zero-order valence-corrected chi connectivity index (χ0v) is 17.6. The topological polar surface area (TPSA) is 87.0 Å². The average molecular weight is 426 g/mol. The molecular formula is C22H23FN4O4. The van der Waals surface area contributed by atoms with Crippen LogP contribution in [0.4, 0.5) is 10.1 Å². The molecule has 0 atom stereocenters. The molecule has 6 rings (SSSR count). The van der Waals surface area contributed by atoms with Gasteiger partial charge in [0.15, 0.2) is 0 Å². The molecule has 3 fully saturated rings. The smallest absolute Gasteiger partial charge is 0.276 e. The Balaban J connectivity index is 1.50. The number of carbonyl (C=O) groups is 1. The Morgan fingerprint density at radius 2 is 2.13 bits per heavy atom. The lowest BCUT2D eigenvalue weighted by molar-refractivity contribution is 0.0154. The van der Waals surface area contributed by atoms with Crippen LogP contribution in [0.15, 0.2) is 30.6 Å². The van der Waals surface area contributed by atoms with E-state index in [1.165, 1.54) is 25.3 Å². The van der Waals surface area contributed by atoms with E-state index in [-0.39, 0.29) is 28.3 Å². The van der Waals surface area contributed by atoms with Crippen molar-refractivity contribution in [2.75, 3.05) is 25.6 Å². The van der Waals surface area contributed by atoms with Crippen LogP contribution >= 0.6 is 0 Å². The highest BCUT2D eigenvalue weighted by molar-refractivity contribution is 6.03. The molecule has 162 valence electrons. The lowest BCUT2D eigenvalue weighted by Crippen LogP contribution is -2.45. The van der Waals surface area contributed by atoms with Gasteiger partial charge in [0.05, 0.1) is 37.3 Å². The standard InChI is InChI=1S/C22H23FN4O4/c1-4-30-20-18-26-17(22-10-21(2,11-22)31-12-22)9-27(18)8-15(25-20)19(28)24-14-6-5-13(23)7-16(14)29-3/h5-9H,4,10-12H2,1-3H3,(H,24,28). The molecule has 1 N–H and O–H groups in total. The number of halogens is 1. The van der Waals surface area contributed by atoms with E-state index in [4.69, 9.17) is 19.2 Å². The first kappa shape index (κ1) is 19.7. The lowest BCUT2D eigenvalue weighted by atomic mass is 9.62. The number of fused-ring (bicyclic) bond motifs is 2. The molecule has 2 aromatic heterocycles. The van der Waals surface area contributed by atoms with Crippen LogP contribution in [0.3, 0.4) is 0 Å². The van der Waals surface area contributed by atoms with Gasteiger partial charge in [-0.1, -0.05) is 0 Å². The summed E-state index contributed by atoms with van der Waals surface area (Å²) in [4.78, 5) is 22.1. The molecule has 2 bridgehead atoms. The van der Waals surface area contributed by atoms with E-state index in [0.29, 0.717) is 24.5 Å². The Morgan fingerprint density at radius 1 is 1.32 bits per heavy atom. The van der Waals surface area contributed by atoms with Gasteiger partial charge in [-0.15, -0.1) is 0 Å². The molecule has 3 aromatic rings. The van der Waals surface area contributed by atoms with E-state index in [0.717, 1.165) is 18.5 Å². The third-order valence-electron chi connectivity index (χ3n) is 6.00. The Morgan fingerprint density at radius 3 is 2.81 bits per heavy atom. The number of anilines is 1. The van der Waals surface area contributed by atoms with Crippen molar-refractivity contribution in [3.8, 4) is 11.6 Å². The van der Waals surface area contributed by atoms with Crippen molar-refractivity contribution in [1.82, 2.24) is 14.4 Å². The Bertz CT molecular complexity index is 1190. The average Bonchev–Trinajstić information content (AvgIpc) is 3.40. The number of hydrogen-bond acceptors (Lipinski definition) is 6. The number of amides is 1. The van der Waals surface area contributed by atoms with Crippen molar-refractivity contribution in [1.29, 1.82) is 0 Å². The lowest BCUT2D eigenvalue weighted by Gasteiger charge is -2.41. The summed E-state index contributed by atoms with van der Waals surface area (Å²) in [5.74, 6) is -0.425. The minimum absolute atomic E-state index is 0.0595. The van der Waals surface area contributed by atoms with Crippen molar-refractivity contribution in [3.05, 3.63) is 47.8 Å². The summed E-state index contributed by atoms with van der Waals surface area (Å²) in [6.07, 6.45) is 5.39. The summed E-state index contributed by atoms with van der Waals surface area (Å²) in [6, 6.07) is 3.89. The minimum Gasteiger partial charge on any atom is -0.494 e. The van der Waals surface area contributed by atoms with E-state index in [9.17, 15) is 9.18 Å². The Labute approximate surface area is 178 Å². The fraction of sp³-hybridized carbons (Fsp3) is 0.409. The van der Waals surface area contributed by atoms with Gasteiger partial charge in [-0.25, -0.2) is 14.4 Å². The number of aromatic nitrogens is 3. The third kappa shape index (κ3) is 3.20. The summed E-state index contributed by atoms with van der Waals surface area (Å²) in [5, 5.41) is 2.72. The number of methoxy groups -OCH3 is 1. The van der Waals surface area contributed by atoms with Gasteiger partial charge in [-0.05, 0) is 38.8 Å². The van der Waals surface area contributed by atoms with Crippen molar-refractivity contribution < 1.29 is 23.4 Å². The quantitative estimate of drug-likeness (QED) is 0.651. The van der Waals surface area contributed by atoms with Crippen LogP contribution in [0.5, 0.6) is 11.6 Å². The van der Waals surface area contributed by atoms with E-state index >= 15 is 0 Å². The van der Waals surface area contributed by atoms with Crippen LogP contribution in [-0.2, 0) is 10.2 Å². The van der Waals surface area contributed by atoms with Crippen molar-refractivity contribution in [2.24, 2.45) is 0 Å². The van der Waals surface area contributed by atoms with Gasteiger partial charge < -0.3 is 19.5 Å². The second kappa shape index (κ2) is 6.91. The molecule has 31 heavy (non-hydrogen) atoms. The number of imidazole rings is 1. The van der Waals surface area contributed by atoms with E-state index in [2.05, 4.69) is 17.2 Å². The Kier molecular flexibility index (Phi) is 4.40. The highest BCUT2D eigenvalue weighted by Gasteiger charge is 2.61. The second-order valence-corrected chi connectivity index (χ2v) is 8.39. The summed E-state index contributed by atoms with van der Waals surface area (Å²) in [6.45, 7) is 4.99. The molecule has 4 heterocycles. The highest BCUT2D eigenvalue weighted by atomic mass is 19.1. The zero-order chi connectivity index (χ0) is 21.8. The molecule has 1 saturated carbocycles. The van der Waals surface area contributed by atoms with Crippen LogP contribution in [0.2, 0.25) is 0 Å². The number of rotatable bonds is 6. The number of benzene rings is 1. The molecule has 1 aromatic carbocycles. The van der Waals surface area contributed by atoms with Gasteiger partial charge in [0.25, 0.3) is 11.8 Å². The first-order chi connectivity index (χ1) is 14.8. The SMILES string of the molecule is CCOc1nc(C(=O)Nc2ccc(F)cc2OC)cn2cc(C34COC(C)(C3)C4)nc12. The normalized spacial score (nSPS) is 24.1. The molecule has 0 spiro atoms. The van der Waals surface area contributed by atoms with Crippen LogP contribution in [0.25, 0.3) is 5.65 Å². The maximum Gasteiger partial charge on any atom is 0.276 e. The highest BCUT2D eigenvalue weighted by Crippen LogP contribution is 2.58. The fourth-order valence-corrected chi connectivity index (χ4v) is 4.67. The van der Waals surface area contributed by atoms with Gasteiger partial charge in [0, 0.05) is 23.9 Å². The molecule has 1 aliphatic carbocycles. The fourth-order valence-electron chi connectivity index (χ4n) is 4.67. The molecule has 2 saturated heterocycles. The first-order valence-electron chi connectivity index (χ1n) is 10.2. The van der Waals surface area contributed by atoms with Gasteiger partial charge >= 0.3 is 0 Å². The molecule has 2 aliphatic heterocycles. The van der Waals surface area contributed by atoms with Gasteiger partial charge in [-0.3, -0.25) is 9.20 Å². The molecule has 8 nitrogen and oxygen atoms in total. The number of carbonyl (C=O) groups excluding carboxylic acids is 1. The molecule has 3 aliphatic rings. The number of nitrogens with zero attached hydrogens (tertiary/aromatic N) is 3. The maximum absolute atomic E-state index is 13.5. The summed E-state index contributed by atoms with van der Waals surface area (Å²) in [7, 11) is 1.41. The largest absolute Gasteiger partial charge is 0.494 e. The minimum atomic E-state index is -0.471. The van der Waals surface area contributed by atoms with Crippen LogP contribution in [0, 0.1) is 5.82 Å². The van der Waals surface area contributed by atoms with Crippen molar-refractivity contribution >= 4 is 17.2 Å². The Hall–Kier alpha value is -3.20. The van der Waals surface area contributed by atoms with Crippen LogP contribution in [-0.4, -0.2) is 46.2 Å². The number of hydrogen-bond donors (Lipinski definition) is 1. The van der Waals surface area contributed by atoms with Crippen LogP contribution in [0.1, 0.15) is 42.9 Å². The van der Waals surface area contributed by atoms with E-state index in [1.54, 1.807) is 10.6 Å².